The first kappa shape index (κ1) is 22.3. The largest absolute Gasteiger partial charge is 0.496 e. The third kappa shape index (κ3) is 4.52. The minimum atomic E-state index is -0.624. The van der Waals surface area contributed by atoms with E-state index in [0.717, 1.165) is 11.8 Å². The molecule has 0 unspecified atom stereocenters. The predicted octanol–water partition coefficient (Wildman–Crippen LogP) is 5.82. The first-order valence-electron chi connectivity index (χ1n) is 9.71. The van der Waals surface area contributed by atoms with E-state index in [9.17, 15) is 14.4 Å². The second-order valence-electron chi connectivity index (χ2n) is 6.74. The molecule has 0 aliphatic rings. The van der Waals surface area contributed by atoms with E-state index in [1.54, 1.807) is 42.5 Å². The maximum Gasteiger partial charge on any atom is 0.345 e. The summed E-state index contributed by atoms with van der Waals surface area (Å²) in [5.74, 6) is -0.967. The number of carbonyl (C=O) groups excluding carboxylic acids is 1. The normalized spacial score (nSPS) is 10.1. The molecule has 0 amide bonds. The molecule has 3 aromatic rings. The highest BCUT2D eigenvalue weighted by molar-refractivity contribution is 6.01. The highest BCUT2D eigenvalue weighted by Crippen LogP contribution is 2.36. The predicted molar refractivity (Wildman–Crippen MR) is 121 cm³/mol. The molecule has 0 aliphatic heterocycles. The number of nitrogens with zero attached hydrogens (tertiary/aromatic N) is 2. The molecule has 0 radical (unpaired) electrons. The van der Waals surface area contributed by atoms with Crippen LogP contribution in [0.3, 0.4) is 0 Å². The van der Waals surface area contributed by atoms with E-state index < -0.39 is 5.97 Å². The number of hydrogen-bond donors (Lipinski definition) is 0. The number of ether oxygens (including phenoxy) is 2. The van der Waals surface area contributed by atoms with Gasteiger partial charge in [-0.1, -0.05) is 44.0 Å². The van der Waals surface area contributed by atoms with E-state index in [2.05, 4.69) is 25.8 Å². The monoisotopic (exact) mass is 428 g/mol. The van der Waals surface area contributed by atoms with E-state index in [4.69, 9.17) is 9.47 Å². The quantitative estimate of drug-likeness (QED) is 0.318. The second kappa shape index (κ2) is 10.1. The minimum absolute atomic E-state index is 0.0328. The van der Waals surface area contributed by atoms with Crippen molar-refractivity contribution >= 4 is 12.0 Å². The van der Waals surface area contributed by atoms with Crippen molar-refractivity contribution in [3.63, 3.8) is 0 Å². The van der Waals surface area contributed by atoms with Crippen LogP contribution in [0.1, 0.15) is 32.9 Å². The van der Waals surface area contributed by atoms with Crippen LogP contribution in [0.25, 0.3) is 17.2 Å². The van der Waals surface area contributed by atoms with Crippen molar-refractivity contribution in [2.75, 3.05) is 0 Å². The van der Waals surface area contributed by atoms with E-state index in [-0.39, 0.29) is 18.0 Å². The fourth-order valence-electron chi connectivity index (χ4n) is 3.53. The van der Waals surface area contributed by atoms with E-state index in [1.807, 2.05) is 4.57 Å². The highest BCUT2D eigenvalue weighted by atomic mass is 19.1. The van der Waals surface area contributed by atoms with Crippen LogP contribution in [-0.4, -0.2) is 10.5 Å². The Hall–Kier alpha value is -4.37. The number of hydrogen-bond acceptors (Lipinski definition) is 4. The summed E-state index contributed by atoms with van der Waals surface area (Å²) in [6, 6.07) is 15.1. The Bertz CT molecular complexity index is 1220. The molecule has 0 atom stereocenters. The molecular weight excluding hydrogens is 407 g/mol. The van der Waals surface area contributed by atoms with Crippen LogP contribution in [0.4, 0.5) is 4.39 Å². The molecule has 32 heavy (non-hydrogen) atoms. The molecule has 0 bridgehead atoms. The Kier molecular flexibility index (Phi) is 7.04. The summed E-state index contributed by atoms with van der Waals surface area (Å²) in [5.41, 5.74) is 3.86. The Labute approximate surface area is 185 Å². The lowest BCUT2D eigenvalue weighted by atomic mass is 9.98. The molecule has 0 saturated carbocycles. The minimum Gasteiger partial charge on any atom is -0.496 e. The number of aromatic nitrogens is 1. The summed E-state index contributed by atoms with van der Waals surface area (Å²) >= 11 is 0. The van der Waals surface area contributed by atoms with Gasteiger partial charge in [0.25, 0.3) is 0 Å². The maximum atomic E-state index is 13.4. The maximum absolute atomic E-state index is 13.4. The van der Waals surface area contributed by atoms with Crippen molar-refractivity contribution in [2.24, 2.45) is 0 Å². The van der Waals surface area contributed by atoms with Crippen molar-refractivity contribution in [1.29, 1.82) is 5.26 Å². The molecular formula is C26H21FN2O3. The number of benzene rings is 2. The average Bonchev–Trinajstić information content (AvgIpc) is 3.12. The molecule has 1 aromatic heterocycles. The number of carbonyl (C=O) groups is 1. The Morgan fingerprint density at radius 3 is 2.50 bits per heavy atom. The van der Waals surface area contributed by atoms with E-state index in [1.165, 1.54) is 18.4 Å². The van der Waals surface area contributed by atoms with Crippen LogP contribution in [0.15, 0.2) is 80.8 Å². The molecule has 160 valence electrons. The number of rotatable bonds is 9. The van der Waals surface area contributed by atoms with Gasteiger partial charge in [-0.3, -0.25) is 0 Å². The smallest absolute Gasteiger partial charge is 0.345 e. The van der Waals surface area contributed by atoms with Gasteiger partial charge in [0.05, 0.1) is 35.4 Å². The summed E-state index contributed by atoms with van der Waals surface area (Å²) in [5, 5.41) is 9.35. The third-order valence-electron chi connectivity index (χ3n) is 4.87. The lowest BCUT2D eigenvalue weighted by Gasteiger charge is -2.13. The van der Waals surface area contributed by atoms with Crippen molar-refractivity contribution in [2.45, 2.75) is 13.2 Å². The molecule has 5 nitrogen and oxygen atoms in total. The van der Waals surface area contributed by atoms with Gasteiger partial charge in [-0.05, 0) is 41.5 Å². The standard InChI is InChI=1S/C26H21FN2O3/c1-4-22-24(20-9-7-8-19(14-20)15-28)25(26(30)32-6-3)23(17-31-5-2)29(22)16-18-10-12-21(27)13-11-18/h4-14H,1-3,16-17H2. The average molecular weight is 428 g/mol. The number of esters is 1. The van der Waals surface area contributed by atoms with Gasteiger partial charge in [0.1, 0.15) is 12.4 Å². The lowest BCUT2D eigenvalue weighted by molar-refractivity contribution is 0.0660. The van der Waals surface area contributed by atoms with Crippen molar-refractivity contribution in [3.8, 4) is 17.2 Å². The van der Waals surface area contributed by atoms with Crippen LogP contribution in [0.5, 0.6) is 0 Å². The molecule has 1 heterocycles. The topological polar surface area (TPSA) is 64.2 Å². The zero-order valence-electron chi connectivity index (χ0n) is 17.4. The van der Waals surface area contributed by atoms with Crippen LogP contribution < -0.4 is 0 Å². The van der Waals surface area contributed by atoms with Crippen LogP contribution in [0, 0.1) is 17.1 Å². The van der Waals surface area contributed by atoms with Crippen LogP contribution in [0.2, 0.25) is 0 Å². The lowest BCUT2D eigenvalue weighted by Crippen LogP contribution is -2.11. The summed E-state index contributed by atoms with van der Waals surface area (Å²) in [4.78, 5) is 13.0. The molecule has 6 heteroatoms. The molecule has 0 aliphatic carbocycles. The summed E-state index contributed by atoms with van der Waals surface area (Å²) in [6.45, 7) is 11.3. The third-order valence-corrected chi connectivity index (χ3v) is 4.87. The Balaban J connectivity index is 2.33. The summed E-state index contributed by atoms with van der Waals surface area (Å²) in [7, 11) is 0. The van der Waals surface area contributed by atoms with Gasteiger partial charge in [-0.15, -0.1) is 0 Å². The molecule has 3 rings (SSSR count). The zero-order valence-corrected chi connectivity index (χ0v) is 17.4. The van der Waals surface area contributed by atoms with E-state index in [0.29, 0.717) is 34.6 Å². The van der Waals surface area contributed by atoms with Gasteiger partial charge in [0.2, 0.25) is 0 Å². The van der Waals surface area contributed by atoms with Crippen molar-refractivity contribution in [3.05, 3.63) is 115 Å². The second-order valence-corrected chi connectivity index (χ2v) is 6.74. The van der Waals surface area contributed by atoms with Crippen LogP contribution in [-0.2, 0) is 22.6 Å². The first-order chi connectivity index (χ1) is 15.5. The summed E-state index contributed by atoms with van der Waals surface area (Å²) < 4.78 is 25.8. The fourth-order valence-corrected chi connectivity index (χ4v) is 3.53. The Morgan fingerprint density at radius 2 is 1.88 bits per heavy atom. The molecule has 0 spiro atoms. The van der Waals surface area contributed by atoms with Crippen molar-refractivity contribution in [1.82, 2.24) is 4.57 Å². The van der Waals surface area contributed by atoms with Gasteiger partial charge in [0, 0.05) is 17.8 Å². The highest BCUT2D eigenvalue weighted by Gasteiger charge is 2.28. The van der Waals surface area contributed by atoms with Gasteiger partial charge in [-0.2, -0.15) is 5.26 Å². The zero-order chi connectivity index (χ0) is 23.1. The molecule has 0 fully saturated rings. The Morgan fingerprint density at radius 1 is 1.12 bits per heavy atom. The number of halogens is 1. The van der Waals surface area contributed by atoms with Crippen LogP contribution >= 0.6 is 0 Å². The molecule has 2 aromatic carbocycles. The van der Waals surface area contributed by atoms with Gasteiger partial charge >= 0.3 is 5.97 Å². The summed E-state index contributed by atoms with van der Waals surface area (Å²) in [6.07, 6.45) is 3.96. The van der Waals surface area contributed by atoms with Crippen molar-refractivity contribution < 1.29 is 18.7 Å². The van der Waals surface area contributed by atoms with Gasteiger partial charge in [0.15, 0.2) is 0 Å². The fraction of sp³-hybridized carbons (Fsp3) is 0.0769. The first-order valence-corrected chi connectivity index (χ1v) is 9.71. The van der Waals surface area contributed by atoms with Gasteiger partial charge < -0.3 is 14.0 Å². The molecule has 0 N–H and O–H groups in total. The number of nitriles is 1. The van der Waals surface area contributed by atoms with Gasteiger partial charge in [-0.25, -0.2) is 9.18 Å². The SMILES string of the molecule is C=COCc1c(C(=O)OC=C)c(-c2cccc(C#N)c2)c(C=C)n1Cc1ccc(F)cc1. The van der Waals surface area contributed by atoms with E-state index >= 15 is 0 Å². The molecule has 0 saturated heterocycles.